The normalized spacial score (nSPS) is 12.5. The van der Waals surface area contributed by atoms with Crippen LogP contribution in [0.4, 0.5) is 10.1 Å². The van der Waals surface area contributed by atoms with E-state index in [9.17, 15) is 9.18 Å². The van der Waals surface area contributed by atoms with Crippen molar-refractivity contribution in [1.82, 2.24) is 4.90 Å². The molecule has 0 amide bonds. The lowest BCUT2D eigenvalue weighted by atomic mass is 9.96. The van der Waals surface area contributed by atoms with Crippen LogP contribution in [-0.2, 0) is 6.42 Å². The van der Waals surface area contributed by atoms with Crippen LogP contribution in [0.2, 0.25) is 0 Å². The first kappa shape index (κ1) is 23.1. The number of rotatable bonds is 14. The molecule has 1 atom stereocenters. The average Bonchev–Trinajstić information content (AvgIpc) is 2.70. The topological polar surface area (TPSA) is 23.6 Å². The molecule has 0 aliphatic rings. The fourth-order valence-corrected chi connectivity index (χ4v) is 3.07. The summed E-state index contributed by atoms with van der Waals surface area (Å²) in [5.41, 5.74) is 3.12. The lowest BCUT2D eigenvalue weighted by molar-refractivity contribution is 0.112. The molecule has 0 aliphatic heterocycles. The van der Waals surface area contributed by atoms with E-state index in [-0.39, 0.29) is 0 Å². The Morgan fingerprint density at radius 2 is 2.00 bits per heavy atom. The summed E-state index contributed by atoms with van der Waals surface area (Å²) in [5, 5.41) is 0. The highest BCUT2D eigenvalue weighted by Gasteiger charge is 2.15. The van der Waals surface area contributed by atoms with E-state index in [1.807, 2.05) is 18.2 Å². The minimum absolute atomic E-state index is 0.592. The summed E-state index contributed by atoms with van der Waals surface area (Å²) in [6.45, 7) is 14.4. The summed E-state index contributed by atoms with van der Waals surface area (Å²) in [7, 11) is 0. The molecule has 0 spiro atoms. The molecule has 1 unspecified atom stereocenters. The minimum atomic E-state index is 0.592. The number of likely N-dealkylation sites (N-methyl/N-ethyl adjacent to an activating group) is 1. The van der Waals surface area contributed by atoms with Crippen LogP contribution in [0, 0.1) is 5.92 Å². The summed E-state index contributed by atoms with van der Waals surface area (Å²) in [6.07, 6.45) is 7.98. The second-order valence-electron chi connectivity index (χ2n) is 7.04. The van der Waals surface area contributed by atoms with Gasteiger partial charge in [0.2, 0.25) is 0 Å². The van der Waals surface area contributed by atoms with E-state index in [4.69, 9.17) is 0 Å². The van der Waals surface area contributed by atoms with Gasteiger partial charge in [-0.05, 0) is 43.0 Å². The van der Waals surface area contributed by atoms with E-state index in [1.165, 1.54) is 5.56 Å². The highest BCUT2D eigenvalue weighted by atomic mass is 19.1. The number of hydrogen-bond donors (Lipinski definition) is 0. The van der Waals surface area contributed by atoms with Gasteiger partial charge in [-0.2, -0.15) is 0 Å². The molecule has 1 aromatic rings. The maximum absolute atomic E-state index is 12.3. The molecule has 0 N–H and O–H groups in total. The van der Waals surface area contributed by atoms with Crippen molar-refractivity contribution >= 4 is 12.0 Å². The summed E-state index contributed by atoms with van der Waals surface area (Å²) >= 11 is 0. The number of anilines is 1. The quantitative estimate of drug-likeness (QED) is 0.327. The van der Waals surface area contributed by atoms with Gasteiger partial charge in [-0.1, -0.05) is 45.4 Å². The average molecular weight is 375 g/mol. The molecule has 0 aliphatic carbocycles. The Morgan fingerprint density at radius 3 is 2.59 bits per heavy atom. The van der Waals surface area contributed by atoms with Crippen LogP contribution in [0.15, 0.2) is 43.3 Å². The monoisotopic (exact) mass is 374 g/mol. The fraction of sp³-hybridized carbons (Fsp3) is 0.522. The van der Waals surface area contributed by atoms with Crippen molar-refractivity contribution in [2.45, 2.75) is 40.0 Å². The molecule has 0 fully saturated rings. The third-order valence-electron chi connectivity index (χ3n) is 5.04. The van der Waals surface area contributed by atoms with Crippen molar-refractivity contribution in [1.29, 1.82) is 0 Å². The second kappa shape index (κ2) is 13.3. The van der Waals surface area contributed by atoms with E-state index >= 15 is 0 Å². The standard InChI is InChI=1S/C23H35FN2O/c1-5-8-14-26(16-15-25(7-3)13-9-12-24)23-18-21(19-27)10-11-22(23)17-20(4)6-2/h5,9-12,18-20H,1,6-8,13-17H2,2-4H3/b12-9+. The van der Waals surface area contributed by atoms with E-state index in [0.717, 1.165) is 57.4 Å². The number of carbonyl (C=O) groups is 1. The highest BCUT2D eigenvalue weighted by molar-refractivity contribution is 5.78. The molecule has 0 saturated carbocycles. The zero-order valence-electron chi connectivity index (χ0n) is 17.2. The Bertz CT molecular complexity index is 600. The van der Waals surface area contributed by atoms with E-state index in [0.29, 0.717) is 24.4 Å². The third-order valence-corrected chi connectivity index (χ3v) is 5.04. The zero-order valence-corrected chi connectivity index (χ0v) is 17.2. The predicted molar refractivity (Wildman–Crippen MR) is 114 cm³/mol. The molecule has 0 aromatic heterocycles. The molecular formula is C23H35FN2O. The van der Waals surface area contributed by atoms with E-state index in [2.05, 4.69) is 43.2 Å². The highest BCUT2D eigenvalue weighted by Crippen LogP contribution is 2.26. The maximum atomic E-state index is 12.3. The van der Waals surface area contributed by atoms with E-state index < -0.39 is 0 Å². The molecule has 1 rings (SSSR count). The molecule has 0 radical (unpaired) electrons. The van der Waals surface area contributed by atoms with Gasteiger partial charge in [0.15, 0.2) is 0 Å². The van der Waals surface area contributed by atoms with Crippen LogP contribution >= 0.6 is 0 Å². The van der Waals surface area contributed by atoms with Gasteiger partial charge < -0.3 is 4.90 Å². The Hall–Kier alpha value is -1.94. The van der Waals surface area contributed by atoms with E-state index in [1.54, 1.807) is 6.08 Å². The lowest BCUT2D eigenvalue weighted by Crippen LogP contribution is -2.36. The van der Waals surface area contributed by atoms with Crippen molar-refractivity contribution in [3.05, 3.63) is 54.4 Å². The SMILES string of the molecule is C=CCCN(CCN(CC)C/C=C/F)c1cc(C=O)ccc1CC(C)CC. The summed E-state index contributed by atoms with van der Waals surface area (Å²) in [4.78, 5) is 15.9. The number of halogens is 1. The van der Waals surface area contributed by atoms with Crippen molar-refractivity contribution in [3.63, 3.8) is 0 Å². The van der Waals surface area contributed by atoms with Crippen molar-refractivity contribution < 1.29 is 9.18 Å². The zero-order chi connectivity index (χ0) is 20.1. The first-order chi connectivity index (χ1) is 13.1. The molecule has 27 heavy (non-hydrogen) atoms. The fourth-order valence-electron chi connectivity index (χ4n) is 3.07. The van der Waals surface area contributed by atoms with Gasteiger partial charge in [-0.15, -0.1) is 6.58 Å². The number of hydrogen-bond acceptors (Lipinski definition) is 3. The van der Waals surface area contributed by atoms with Crippen molar-refractivity contribution in [2.75, 3.05) is 37.6 Å². The smallest absolute Gasteiger partial charge is 0.150 e. The first-order valence-corrected chi connectivity index (χ1v) is 10.0. The van der Waals surface area contributed by atoms with Crippen molar-refractivity contribution in [2.24, 2.45) is 5.92 Å². The van der Waals surface area contributed by atoms with Crippen LogP contribution in [-0.4, -0.2) is 43.9 Å². The maximum Gasteiger partial charge on any atom is 0.150 e. The second-order valence-corrected chi connectivity index (χ2v) is 7.04. The molecule has 150 valence electrons. The minimum Gasteiger partial charge on any atom is -0.370 e. The Morgan fingerprint density at radius 1 is 1.22 bits per heavy atom. The molecule has 1 aromatic carbocycles. The van der Waals surface area contributed by atoms with Gasteiger partial charge in [-0.3, -0.25) is 9.69 Å². The van der Waals surface area contributed by atoms with Gasteiger partial charge in [0.1, 0.15) is 6.29 Å². The summed E-state index contributed by atoms with van der Waals surface area (Å²) < 4.78 is 12.3. The number of benzene rings is 1. The van der Waals surface area contributed by atoms with Crippen LogP contribution in [0.3, 0.4) is 0 Å². The Kier molecular flexibility index (Phi) is 11.3. The van der Waals surface area contributed by atoms with Crippen LogP contribution in [0.1, 0.15) is 49.5 Å². The predicted octanol–water partition coefficient (Wildman–Crippen LogP) is 5.28. The molecular weight excluding hydrogens is 339 g/mol. The first-order valence-electron chi connectivity index (χ1n) is 10.0. The van der Waals surface area contributed by atoms with Gasteiger partial charge in [0.05, 0.1) is 6.33 Å². The summed E-state index contributed by atoms with van der Waals surface area (Å²) in [6, 6.07) is 6.01. The van der Waals surface area contributed by atoms with Gasteiger partial charge >= 0.3 is 0 Å². The van der Waals surface area contributed by atoms with Crippen LogP contribution in [0.5, 0.6) is 0 Å². The Labute approximate surface area is 164 Å². The molecule has 0 saturated heterocycles. The van der Waals surface area contributed by atoms with Crippen LogP contribution < -0.4 is 4.90 Å². The van der Waals surface area contributed by atoms with Crippen LogP contribution in [0.25, 0.3) is 0 Å². The Balaban J connectivity index is 3.07. The van der Waals surface area contributed by atoms with Gasteiger partial charge in [-0.25, -0.2) is 4.39 Å². The van der Waals surface area contributed by atoms with Gasteiger partial charge in [0.25, 0.3) is 0 Å². The molecule has 0 heterocycles. The molecule has 3 nitrogen and oxygen atoms in total. The number of nitrogens with zero attached hydrogens (tertiary/aromatic N) is 2. The largest absolute Gasteiger partial charge is 0.370 e. The summed E-state index contributed by atoms with van der Waals surface area (Å²) in [5.74, 6) is 0.592. The third kappa shape index (κ3) is 8.08. The molecule has 0 bridgehead atoms. The number of aldehydes is 1. The lowest BCUT2D eigenvalue weighted by Gasteiger charge is -2.30. The van der Waals surface area contributed by atoms with Crippen molar-refractivity contribution in [3.8, 4) is 0 Å². The molecule has 4 heteroatoms. The van der Waals surface area contributed by atoms with Gasteiger partial charge in [0, 0.05) is 37.4 Å². The number of carbonyl (C=O) groups excluding carboxylic acids is 1.